The fourth-order valence-electron chi connectivity index (χ4n) is 3.08. The number of H-pyrrole nitrogens is 1. The molecule has 0 aliphatic heterocycles. The van der Waals surface area contributed by atoms with Gasteiger partial charge >= 0.3 is 0 Å². The molecule has 0 bridgehead atoms. The van der Waals surface area contributed by atoms with E-state index in [1.54, 1.807) is 0 Å². The number of rotatable bonds is 4. The van der Waals surface area contributed by atoms with Gasteiger partial charge in [-0.3, -0.25) is 14.2 Å². The predicted molar refractivity (Wildman–Crippen MR) is 102 cm³/mol. The largest absolute Gasteiger partial charge is 0.349 e. The van der Waals surface area contributed by atoms with Gasteiger partial charge in [0.15, 0.2) is 0 Å². The zero-order valence-corrected chi connectivity index (χ0v) is 14.3. The molecule has 2 aromatic carbocycles. The van der Waals surface area contributed by atoms with Gasteiger partial charge in [0.2, 0.25) is 5.91 Å². The van der Waals surface area contributed by atoms with Crippen LogP contribution in [0.15, 0.2) is 59.7 Å². The number of hydrogen-bond acceptors (Lipinski definition) is 3. The molecule has 2 aromatic heterocycles. The first kappa shape index (κ1) is 16.1. The molecule has 6 heteroatoms. The molecule has 130 valence electrons. The maximum atomic E-state index is 12.7. The molecule has 26 heavy (non-hydrogen) atoms. The number of carbonyl (C=O) groups excluding carboxylic acids is 1. The number of benzene rings is 2. The lowest BCUT2D eigenvalue weighted by molar-refractivity contribution is -0.116. The summed E-state index contributed by atoms with van der Waals surface area (Å²) >= 11 is 0. The number of carbonyl (C=O) groups is 1. The molecule has 0 atom stereocenters. The van der Waals surface area contributed by atoms with E-state index in [0.717, 1.165) is 28.6 Å². The Morgan fingerprint density at radius 3 is 2.88 bits per heavy atom. The zero-order valence-electron chi connectivity index (χ0n) is 14.3. The summed E-state index contributed by atoms with van der Waals surface area (Å²) in [5.41, 5.74) is 3.49. The molecule has 0 saturated carbocycles. The van der Waals surface area contributed by atoms with Crippen LogP contribution in [-0.2, 0) is 17.8 Å². The van der Waals surface area contributed by atoms with Crippen LogP contribution >= 0.6 is 0 Å². The highest BCUT2D eigenvalue weighted by molar-refractivity contribution is 6.04. The Kier molecular flexibility index (Phi) is 4.01. The van der Waals surface area contributed by atoms with Gasteiger partial charge in [0.05, 0.1) is 6.33 Å². The van der Waals surface area contributed by atoms with E-state index >= 15 is 0 Å². The van der Waals surface area contributed by atoms with Crippen molar-refractivity contribution in [3.63, 3.8) is 0 Å². The van der Waals surface area contributed by atoms with Gasteiger partial charge in [0, 0.05) is 16.6 Å². The maximum absolute atomic E-state index is 12.7. The van der Waals surface area contributed by atoms with E-state index in [0.29, 0.717) is 11.0 Å². The van der Waals surface area contributed by atoms with E-state index in [-0.39, 0.29) is 18.0 Å². The van der Waals surface area contributed by atoms with Gasteiger partial charge in [-0.15, -0.1) is 0 Å². The van der Waals surface area contributed by atoms with Crippen molar-refractivity contribution >= 4 is 33.5 Å². The van der Waals surface area contributed by atoms with E-state index in [4.69, 9.17) is 0 Å². The van der Waals surface area contributed by atoms with E-state index in [2.05, 4.69) is 22.2 Å². The quantitative estimate of drug-likeness (QED) is 0.596. The number of fused-ring (bicyclic) bond motifs is 3. The standard InChI is InChI=1S/C20H18N4O2/c1-2-13-6-5-7-14(10-13)22-17(25)11-24-12-21-18-15-8-3-4-9-16(15)23-19(18)20(24)26/h3-10,12,23H,2,11H2,1H3,(H,22,25). The van der Waals surface area contributed by atoms with Crippen molar-refractivity contribution in [1.29, 1.82) is 0 Å². The topological polar surface area (TPSA) is 79.8 Å². The van der Waals surface area contributed by atoms with Crippen molar-refractivity contribution < 1.29 is 4.79 Å². The summed E-state index contributed by atoms with van der Waals surface area (Å²) in [4.78, 5) is 32.5. The summed E-state index contributed by atoms with van der Waals surface area (Å²) in [7, 11) is 0. The lowest BCUT2D eigenvalue weighted by atomic mass is 10.1. The van der Waals surface area contributed by atoms with Crippen molar-refractivity contribution in [2.75, 3.05) is 5.32 Å². The smallest absolute Gasteiger partial charge is 0.278 e. The Hall–Kier alpha value is -3.41. The third-order valence-corrected chi connectivity index (χ3v) is 4.41. The number of para-hydroxylation sites is 1. The number of anilines is 1. The number of hydrogen-bond donors (Lipinski definition) is 2. The summed E-state index contributed by atoms with van der Waals surface area (Å²) in [6.45, 7) is 1.97. The SMILES string of the molecule is CCc1cccc(NC(=O)Cn2cnc3c([nH]c4ccccc43)c2=O)c1. The minimum absolute atomic E-state index is 0.0898. The number of aromatic nitrogens is 3. The second-order valence-electron chi connectivity index (χ2n) is 6.17. The number of amides is 1. The Morgan fingerprint density at radius 2 is 2.04 bits per heavy atom. The first-order valence-electron chi connectivity index (χ1n) is 8.50. The third kappa shape index (κ3) is 2.86. The number of aromatic amines is 1. The first-order chi connectivity index (χ1) is 12.7. The number of nitrogens with one attached hydrogen (secondary N) is 2. The zero-order chi connectivity index (χ0) is 18.1. The van der Waals surface area contributed by atoms with E-state index < -0.39 is 0 Å². The van der Waals surface area contributed by atoms with E-state index in [1.807, 2.05) is 48.5 Å². The molecule has 4 rings (SSSR count). The van der Waals surface area contributed by atoms with Crippen LogP contribution in [0.4, 0.5) is 5.69 Å². The van der Waals surface area contributed by atoms with Gasteiger partial charge in [-0.05, 0) is 30.2 Å². The molecular weight excluding hydrogens is 328 g/mol. The van der Waals surface area contributed by atoms with Gasteiger partial charge in [-0.2, -0.15) is 0 Å². The molecule has 4 aromatic rings. The Labute approximate surface area is 149 Å². The van der Waals surface area contributed by atoms with E-state index in [9.17, 15) is 9.59 Å². The second kappa shape index (κ2) is 6.48. The third-order valence-electron chi connectivity index (χ3n) is 4.41. The Balaban J connectivity index is 1.62. The van der Waals surface area contributed by atoms with Gasteiger partial charge < -0.3 is 10.3 Å². The highest BCUT2D eigenvalue weighted by Gasteiger charge is 2.12. The molecule has 1 amide bonds. The molecule has 0 aliphatic carbocycles. The van der Waals surface area contributed by atoms with Crippen LogP contribution < -0.4 is 10.9 Å². The average molecular weight is 346 g/mol. The van der Waals surface area contributed by atoms with Gasteiger partial charge in [-0.25, -0.2) is 4.98 Å². The lowest BCUT2D eigenvalue weighted by Gasteiger charge is -2.08. The molecule has 0 saturated heterocycles. The minimum atomic E-state index is -0.266. The molecule has 0 aliphatic rings. The number of nitrogens with zero attached hydrogens (tertiary/aromatic N) is 2. The molecule has 6 nitrogen and oxygen atoms in total. The normalized spacial score (nSPS) is 11.1. The molecule has 0 fully saturated rings. The lowest BCUT2D eigenvalue weighted by Crippen LogP contribution is -2.28. The van der Waals surface area contributed by atoms with Crippen molar-refractivity contribution in [2.24, 2.45) is 0 Å². The van der Waals surface area contributed by atoms with Crippen LogP contribution in [0.2, 0.25) is 0 Å². The van der Waals surface area contributed by atoms with Crippen molar-refractivity contribution in [3.05, 3.63) is 70.8 Å². The monoisotopic (exact) mass is 346 g/mol. The Bertz CT molecular complexity index is 1170. The number of aryl methyl sites for hydroxylation is 1. The highest BCUT2D eigenvalue weighted by atomic mass is 16.2. The molecule has 2 heterocycles. The Morgan fingerprint density at radius 1 is 1.19 bits per heavy atom. The van der Waals surface area contributed by atoms with Crippen LogP contribution in [0.5, 0.6) is 0 Å². The molecule has 0 spiro atoms. The summed E-state index contributed by atoms with van der Waals surface area (Å²) < 4.78 is 1.32. The average Bonchev–Trinajstić information content (AvgIpc) is 3.04. The summed E-state index contributed by atoms with van der Waals surface area (Å²) in [6, 6.07) is 15.3. The van der Waals surface area contributed by atoms with Gasteiger partial charge in [0.1, 0.15) is 17.6 Å². The first-order valence-corrected chi connectivity index (χ1v) is 8.50. The fourth-order valence-corrected chi connectivity index (χ4v) is 3.08. The molecule has 0 radical (unpaired) electrons. The van der Waals surface area contributed by atoms with Crippen molar-refractivity contribution in [1.82, 2.24) is 14.5 Å². The van der Waals surface area contributed by atoms with Crippen LogP contribution in [-0.4, -0.2) is 20.4 Å². The maximum Gasteiger partial charge on any atom is 0.278 e. The van der Waals surface area contributed by atoms with Gasteiger partial charge in [0.25, 0.3) is 5.56 Å². The predicted octanol–water partition coefficient (Wildman–Crippen LogP) is 3.08. The van der Waals surface area contributed by atoms with Crippen LogP contribution in [0, 0.1) is 0 Å². The minimum Gasteiger partial charge on any atom is -0.349 e. The highest BCUT2D eigenvalue weighted by Crippen LogP contribution is 2.20. The van der Waals surface area contributed by atoms with Crippen LogP contribution in [0.3, 0.4) is 0 Å². The molecular formula is C20H18N4O2. The summed E-state index contributed by atoms with van der Waals surface area (Å²) in [6.07, 6.45) is 2.32. The summed E-state index contributed by atoms with van der Waals surface area (Å²) in [5, 5.41) is 3.73. The van der Waals surface area contributed by atoms with E-state index in [1.165, 1.54) is 10.9 Å². The summed E-state index contributed by atoms with van der Waals surface area (Å²) in [5.74, 6) is -0.266. The molecule has 2 N–H and O–H groups in total. The van der Waals surface area contributed by atoms with Crippen molar-refractivity contribution in [3.8, 4) is 0 Å². The second-order valence-corrected chi connectivity index (χ2v) is 6.17. The van der Waals surface area contributed by atoms with Crippen molar-refractivity contribution in [2.45, 2.75) is 19.9 Å². The van der Waals surface area contributed by atoms with Crippen LogP contribution in [0.1, 0.15) is 12.5 Å². The fraction of sp³-hybridized carbons (Fsp3) is 0.150. The van der Waals surface area contributed by atoms with Crippen LogP contribution in [0.25, 0.3) is 21.9 Å². The van der Waals surface area contributed by atoms with Gasteiger partial charge in [-0.1, -0.05) is 37.3 Å². The molecule has 0 unspecified atom stereocenters.